The van der Waals surface area contributed by atoms with Gasteiger partial charge in [0.25, 0.3) is 5.91 Å². The van der Waals surface area contributed by atoms with Crippen molar-refractivity contribution in [2.24, 2.45) is 0 Å². The Labute approximate surface area is 191 Å². The average Bonchev–Trinajstić information content (AvgIpc) is 3.57. The highest BCUT2D eigenvalue weighted by Gasteiger charge is 2.38. The second kappa shape index (κ2) is 8.18. The number of amides is 1. The van der Waals surface area contributed by atoms with Crippen LogP contribution in [0, 0.1) is 0 Å². The molecular weight excluding hydrogens is 453 g/mol. The third kappa shape index (κ3) is 3.74. The quantitative estimate of drug-likeness (QED) is 0.396. The molecule has 170 valence electrons. The van der Waals surface area contributed by atoms with Crippen LogP contribution < -0.4 is 4.74 Å². The van der Waals surface area contributed by atoms with Crippen molar-refractivity contribution in [1.82, 2.24) is 19.5 Å². The Morgan fingerprint density at radius 2 is 2.03 bits per heavy atom. The van der Waals surface area contributed by atoms with Gasteiger partial charge in [-0.3, -0.25) is 4.79 Å². The van der Waals surface area contributed by atoms with Crippen LogP contribution in [-0.2, 0) is 6.18 Å². The van der Waals surface area contributed by atoms with Crippen LogP contribution in [0.1, 0.15) is 39.8 Å². The molecule has 4 aromatic rings. The van der Waals surface area contributed by atoms with Crippen molar-refractivity contribution in [2.45, 2.75) is 25.1 Å². The zero-order valence-electron chi connectivity index (χ0n) is 17.5. The van der Waals surface area contributed by atoms with E-state index in [1.165, 1.54) is 13.3 Å². The number of nitrogens with zero attached hydrogens (tertiary/aromatic N) is 4. The van der Waals surface area contributed by atoms with Crippen molar-refractivity contribution in [1.29, 1.82) is 0 Å². The van der Waals surface area contributed by atoms with Crippen molar-refractivity contribution in [3.05, 3.63) is 70.2 Å². The maximum absolute atomic E-state index is 13.9. The summed E-state index contributed by atoms with van der Waals surface area (Å²) in [6.45, 7) is 0.525. The van der Waals surface area contributed by atoms with E-state index in [1.54, 1.807) is 40.5 Å². The smallest absolute Gasteiger partial charge is 0.433 e. The largest absolute Gasteiger partial charge is 0.496 e. The average molecular weight is 472 g/mol. The minimum atomic E-state index is -4.70. The number of rotatable bonds is 4. The number of para-hydroxylation sites is 1. The highest BCUT2D eigenvalue weighted by Crippen LogP contribution is 2.38. The summed E-state index contributed by atoms with van der Waals surface area (Å²) in [6, 6.07) is 11.4. The van der Waals surface area contributed by atoms with Gasteiger partial charge in [0, 0.05) is 17.0 Å². The van der Waals surface area contributed by atoms with E-state index in [0.717, 1.165) is 23.8 Å². The molecule has 1 fully saturated rings. The Balaban J connectivity index is 1.66. The molecule has 0 saturated carbocycles. The lowest BCUT2D eigenvalue weighted by Crippen LogP contribution is -2.30. The standard InChI is InChI=1S/C23H19F3N4O2S/c1-32-18-8-3-2-6-14(18)16-12-20(23(24,25)26)30-21(28-16)15(13-27-30)22(31)29-10-4-7-17(29)19-9-5-11-33-19/h2-3,5-6,8-9,11-13,17H,4,7,10H2,1H3/t17-/m0/s1. The number of hydrogen-bond acceptors (Lipinski definition) is 5. The van der Waals surface area contributed by atoms with Gasteiger partial charge in [0.1, 0.15) is 11.3 Å². The van der Waals surface area contributed by atoms with Crippen LogP contribution in [0.25, 0.3) is 16.9 Å². The van der Waals surface area contributed by atoms with Gasteiger partial charge in [-0.25, -0.2) is 9.50 Å². The van der Waals surface area contributed by atoms with E-state index in [0.29, 0.717) is 22.4 Å². The Morgan fingerprint density at radius 1 is 1.21 bits per heavy atom. The van der Waals surface area contributed by atoms with Crippen molar-refractivity contribution >= 4 is 22.9 Å². The number of carbonyl (C=O) groups is 1. The molecule has 1 aliphatic heterocycles. The SMILES string of the molecule is COc1ccccc1-c1cc(C(F)(F)F)n2ncc(C(=O)N3CCC[C@H]3c3cccs3)c2n1. The third-order valence-corrected chi connectivity index (χ3v) is 6.73. The van der Waals surface area contributed by atoms with Gasteiger partial charge in [-0.15, -0.1) is 11.3 Å². The summed E-state index contributed by atoms with van der Waals surface area (Å²) in [7, 11) is 1.44. The number of thiophene rings is 1. The molecule has 0 aliphatic carbocycles. The lowest BCUT2D eigenvalue weighted by atomic mass is 10.1. The number of likely N-dealkylation sites (tertiary alicyclic amines) is 1. The van der Waals surface area contributed by atoms with E-state index in [-0.39, 0.29) is 28.9 Å². The molecular formula is C23H19F3N4O2S. The molecule has 1 saturated heterocycles. The fourth-order valence-electron chi connectivity index (χ4n) is 4.25. The number of carbonyl (C=O) groups excluding carboxylic acids is 1. The lowest BCUT2D eigenvalue weighted by Gasteiger charge is -2.23. The Hall–Kier alpha value is -3.40. The van der Waals surface area contributed by atoms with E-state index in [1.807, 2.05) is 17.5 Å². The van der Waals surface area contributed by atoms with E-state index in [9.17, 15) is 18.0 Å². The molecule has 3 aromatic heterocycles. The first-order valence-corrected chi connectivity index (χ1v) is 11.2. The van der Waals surface area contributed by atoms with Gasteiger partial charge in [0.05, 0.1) is 25.0 Å². The first-order valence-electron chi connectivity index (χ1n) is 10.3. The predicted molar refractivity (Wildman–Crippen MR) is 117 cm³/mol. The number of methoxy groups -OCH3 is 1. The molecule has 0 N–H and O–H groups in total. The molecule has 0 spiro atoms. The summed E-state index contributed by atoms with van der Waals surface area (Å²) in [4.78, 5) is 20.7. The third-order valence-electron chi connectivity index (χ3n) is 5.76. The Kier molecular flexibility index (Phi) is 5.32. The summed E-state index contributed by atoms with van der Waals surface area (Å²) in [5, 5.41) is 5.85. The van der Waals surface area contributed by atoms with Gasteiger partial charge in [0.15, 0.2) is 11.3 Å². The second-order valence-corrected chi connectivity index (χ2v) is 8.67. The highest BCUT2D eigenvalue weighted by molar-refractivity contribution is 7.10. The summed E-state index contributed by atoms with van der Waals surface area (Å²) < 4.78 is 47.8. The molecule has 0 radical (unpaired) electrons. The summed E-state index contributed by atoms with van der Waals surface area (Å²) in [5.74, 6) is 0.00544. The molecule has 33 heavy (non-hydrogen) atoms. The first kappa shape index (κ1) is 21.4. The number of hydrogen-bond donors (Lipinski definition) is 0. The maximum Gasteiger partial charge on any atom is 0.433 e. The molecule has 1 aliphatic rings. The van der Waals surface area contributed by atoms with Gasteiger partial charge in [-0.1, -0.05) is 18.2 Å². The molecule has 0 bridgehead atoms. The van der Waals surface area contributed by atoms with Crippen LogP contribution in [0.15, 0.2) is 54.0 Å². The fourth-order valence-corrected chi connectivity index (χ4v) is 5.12. The summed E-state index contributed by atoms with van der Waals surface area (Å²) >= 11 is 1.56. The van der Waals surface area contributed by atoms with Crippen LogP contribution in [0.2, 0.25) is 0 Å². The second-order valence-electron chi connectivity index (χ2n) is 7.69. The topological polar surface area (TPSA) is 59.7 Å². The number of aromatic nitrogens is 3. The fraction of sp³-hybridized carbons (Fsp3) is 0.261. The van der Waals surface area contributed by atoms with Crippen molar-refractivity contribution in [3.8, 4) is 17.0 Å². The van der Waals surface area contributed by atoms with Crippen LogP contribution in [0.3, 0.4) is 0 Å². The number of halogens is 3. The molecule has 4 heterocycles. The van der Waals surface area contributed by atoms with Crippen molar-refractivity contribution < 1.29 is 22.7 Å². The van der Waals surface area contributed by atoms with Gasteiger partial charge in [-0.05, 0) is 42.5 Å². The van der Waals surface area contributed by atoms with E-state index < -0.39 is 11.9 Å². The normalized spacial score (nSPS) is 16.5. The molecule has 10 heteroatoms. The highest BCUT2D eigenvalue weighted by atomic mass is 32.1. The van der Waals surface area contributed by atoms with Gasteiger partial charge >= 0.3 is 6.18 Å². The Bertz CT molecular complexity index is 1320. The maximum atomic E-state index is 13.9. The summed E-state index contributed by atoms with van der Waals surface area (Å²) in [6.07, 6.45) is -1.90. The zero-order valence-corrected chi connectivity index (χ0v) is 18.4. The zero-order chi connectivity index (χ0) is 23.2. The van der Waals surface area contributed by atoms with Crippen LogP contribution in [0.5, 0.6) is 5.75 Å². The van der Waals surface area contributed by atoms with Crippen LogP contribution in [0.4, 0.5) is 13.2 Å². The molecule has 1 amide bonds. The molecule has 1 aromatic carbocycles. The van der Waals surface area contributed by atoms with E-state index in [2.05, 4.69) is 10.1 Å². The van der Waals surface area contributed by atoms with Crippen LogP contribution >= 0.6 is 11.3 Å². The molecule has 5 rings (SSSR count). The number of ether oxygens (including phenoxy) is 1. The van der Waals surface area contributed by atoms with Gasteiger partial charge < -0.3 is 9.64 Å². The lowest BCUT2D eigenvalue weighted by molar-refractivity contribution is -0.142. The van der Waals surface area contributed by atoms with Crippen molar-refractivity contribution in [2.75, 3.05) is 13.7 Å². The summed E-state index contributed by atoms with van der Waals surface area (Å²) in [5.41, 5.74) is -0.653. The van der Waals surface area contributed by atoms with Gasteiger partial charge in [-0.2, -0.15) is 18.3 Å². The minimum Gasteiger partial charge on any atom is -0.496 e. The number of fused-ring (bicyclic) bond motifs is 1. The molecule has 0 unspecified atom stereocenters. The molecule has 1 atom stereocenters. The minimum absolute atomic E-state index is 0.0423. The van der Waals surface area contributed by atoms with Gasteiger partial charge in [0.2, 0.25) is 0 Å². The predicted octanol–water partition coefficient (Wildman–Crippen LogP) is 5.46. The first-order chi connectivity index (χ1) is 15.9. The molecule has 6 nitrogen and oxygen atoms in total. The van der Waals surface area contributed by atoms with Crippen LogP contribution in [-0.4, -0.2) is 39.1 Å². The Morgan fingerprint density at radius 3 is 2.76 bits per heavy atom. The van der Waals surface area contributed by atoms with E-state index in [4.69, 9.17) is 4.74 Å². The van der Waals surface area contributed by atoms with E-state index >= 15 is 0 Å². The monoisotopic (exact) mass is 472 g/mol. The number of alkyl halides is 3. The van der Waals surface area contributed by atoms with Crippen molar-refractivity contribution in [3.63, 3.8) is 0 Å². The number of benzene rings is 1.